The second kappa shape index (κ2) is 7.19. The van der Waals surface area contributed by atoms with E-state index in [4.69, 9.17) is 0 Å². The number of amides is 1. The third-order valence-electron chi connectivity index (χ3n) is 7.07. The summed E-state index contributed by atoms with van der Waals surface area (Å²) in [7, 11) is 0. The molecule has 1 spiro atoms. The molecule has 0 aromatic heterocycles. The molecule has 2 aromatic rings. The number of fused-ring (bicyclic) bond motifs is 2. The Morgan fingerprint density at radius 1 is 1.10 bits per heavy atom. The van der Waals surface area contributed by atoms with E-state index in [2.05, 4.69) is 6.58 Å². The van der Waals surface area contributed by atoms with Crippen LogP contribution in [0.2, 0.25) is 0 Å². The molecular formula is C26H23F2NO2. The number of aliphatic hydroxyl groups is 1. The number of anilines is 1. The molecule has 158 valence electrons. The topological polar surface area (TPSA) is 40.5 Å². The van der Waals surface area contributed by atoms with Crippen LogP contribution < -0.4 is 4.90 Å². The van der Waals surface area contributed by atoms with Gasteiger partial charge in [-0.25, -0.2) is 8.78 Å². The quantitative estimate of drug-likeness (QED) is 0.622. The average molecular weight is 419 g/mol. The molecular weight excluding hydrogens is 396 g/mol. The highest BCUT2D eigenvalue weighted by Gasteiger charge is 2.70. The van der Waals surface area contributed by atoms with Crippen molar-refractivity contribution in [2.45, 2.75) is 24.8 Å². The minimum atomic E-state index is -0.379. The van der Waals surface area contributed by atoms with Crippen LogP contribution in [0.5, 0.6) is 0 Å². The zero-order valence-electron chi connectivity index (χ0n) is 17.0. The fourth-order valence-corrected chi connectivity index (χ4v) is 5.56. The molecule has 5 heteroatoms. The Bertz CT molecular complexity index is 1100. The van der Waals surface area contributed by atoms with Crippen LogP contribution in [-0.4, -0.2) is 16.6 Å². The van der Waals surface area contributed by atoms with Gasteiger partial charge in [-0.05, 0) is 84.9 Å². The molecule has 2 fully saturated rings. The van der Waals surface area contributed by atoms with Gasteiger partial charge in [0.05, 0.1) is 11.5 Å². The minimum Gasteiger partial charge on any atom is -0.508 e. The maximum Gasteiger partial charge on any atom is 0.233 e. The lowest BCUT2D eigenvalue weighted by atomic mass is 9.47. The molecule has 5 rings (SSSR count). The van der Waals surface area contributed by atoms with Gasteiger partial charge in [-0.1, -0.05) is 24.8 Å². The van der Waals surface area contributed by atoms with Gasteiger partial charge >= 0.3 is 0 Å². The van der Waals surface area contributed by atoms with Gasteiger partial charge < -0.3 is 10.0 Å². The zero-order chi connectivity index (χ0) is 21.8. The maximum absolute atomic E-state index is 13.5. The molecule has 3 aliphatic rings. The average Bonchev–Trinajstić information content (AvgIpc) is 2.74. The predicted molar refractivity (Wildman–Crippen MR) is 116 cm³/mol. The van der Waals surface area contributed by atoms with E-state index in [1.807, 2.05) is 17.1 Å². The van der Waals surface area contributed by atoms with Crippen LogP contribution in [0.25, 0.3) is 5.57 Å². The molecule has 1 aliphatic heterocycles. The third-order valence-corrected chi connectivity index (χ3v) is 7.07. The molecule has 1 saturated carbocycles. The summed E-state index contributed by atoms with van der Waals surface area (Å²) in [6, 6.07) is 12.3. The second-order valence-corrected chi connectivity index (χ2v) is 8.69. The first-order chi connectivity index (χ1) is 14.9. The molecule has 1 saturated heterocycles. The van der Waals surface area contributed by atoms with Crippen LogP contribution in [0.4, 0.5) is 14.5 Å². The standard InChI is InChI=1S/C26H23F2NO2/c1-16(17-3-5-19(27)6-4-17)2-12-24-25(31)29(21-9-7-20(28)8-10-21)26(24)15-18-14-22(30)11-13-23(18)26/h3-11,13-14,18,23-24,30H,1-2,12,15H2/t18?,23?,24-,26?/m0/s1. The molecule has 2 aliphatic carbocycles. The zero-order valence-corrected chi connectivity index (χ0v) is 17.0. The Balaban J connectivity index is 1.40. The molecule has 1 N–H and O–H groups in total. The van der Waals surface area contributed by atoms with E-state index in [9.17, 15) is 18.7 Å². The highest BCUT2D eigenvalue weighted by atomic mass is 19.1. The molecule has 31 heavy (non-hydrogen) atoms. The smallest absolute Gasteiger partial charge is 0.233 e. The molecule has 0 radical (unpaired) electrons. The number of nitrogens with zero attached hydrogens (tertiary/aromatic N) is 1. The number of rotatable bonds is 5. The first kappa shape index (κ1) is 19.7. The molecule has 1 heterocycles. The van der Waals surface area contributed by atoms with E-state index >= 15 is 0 Å². The number of aliphatic hydroxyl groups excluding tert-OH is 1. The highest BCUT2D eigenvalue weighted by molar-refractivity contribution is 6.05. The Labute approximate surface area is 180 Å². The van der Waals surface area contributed by atoms with Crippen LogP contribution in [0, 0.1) is 29.4 Å². The fraction of sp³-hybridized carbons (Fsp3) is 0.269. The number of halogens is 2. The molecule has 1 amide bonds. The van der Waals surface area contributed by atoms with E-state index in [1.165, 1.54) is 24.3 Å². The van der Waals surface area contributed by atoms with Crippen molar-refractivity contribution >= 4 is 17.2 Å². The second-order valence-electron chi connectivity index (χ2n) is 8.69. The van der Waals surface area contributed by atoms with Crippen molar-refractivity contribution in [2.75, 3.05) is 4.90 Å². The SMILES string of the molecule is C=C(CC[C@H]1C(=O)N(c2ccc(F)cc2)C12CC1C=C(O)C=CC12)c1ccc(F)cc1. The highest BCUT2D eigenvalue weighted by Crippen LogP contribution is 2.62. The normalized spacial score (nSPS) is 28.6. The van der Waals surface area contributed by atoms with Crippen molar-refractivity contribution < 1.29 is 18.7 Å². The van der Waals surface area contributed by atoms with Gasteiger partial charge in [-0.3, -0.25) is 4.79 Å². The summed E-state index contributed by atoms with van der Waals surface area (Å²) in [6.45, 7) is 4.13. The van der Waals surface area contributed by atoms with Crippen molar-refractivity contribution in [3.63, 3.8) is 0 Å². The van der Waals surface area contributed by atoms with E-state index in [-0.39, 0.29) is 46.6 Å². The van der Waals surface area contributed by atoms with Gasteiger partial charge in [-0.2, -0.15) is 0 Å². The van der Waals surface area contributed by atoms with E-state index in [0.717, 1.165) is 17.6 Å². The third kappa shape index (κ3) is 3.02. The molecule has 4 atom stereocenters. The number of benzene rings is 2. The van der Waals surface area contributed by atoms with Gasteiger partial charge in [0, 0.05) is 11.6 Å². The number of hydrogen-bond acceptors (Lipinski definition) is 2. The van der Waals surface area contributed by atoms with Crippen molar-refractivity contribution in [3.05, 3.63) is 96.3 Å². The Morgan fingerprint density at radius 3 is 2.39 bits per heavy atom. The predicted octanol–water partition coefficient (Wildman–Crippen LogP) is 5.81. The summed E-state index contributed by atoms with van der Waals surface area (Å²) in [5.74, 6) is -0.232. The lowest BCUT2D eigenvalue weighted by Crippen LogP contribution is -2.80. The van der Waals surface area contributed by atoms with Crippen LogP contribution in [-0.2, 0) is 4.79 Å². The molecule has 3 unspecified atom stereocenters. The molecule has 0 bridgehead atoms. The van der Waals surface area contributed by atoms with Crippen LogP contribution >= 0.6 is 0 Å². The summed E-state index contributed by atoms with van der Waals surface area (Å²) < 4.78 is 26.7. The summed E-state index contributed by atoms with van der Waals surface area (Å²) in [4.78, 5) is 15.1. The monoisotopic (exact) mass is 419 g/mol. The van der Waals surface area contributed by atoms with Crippen LogP contribution in [0.1, 0.15) is 24.8 Å². The van der Waals surface area contributed by atoms with Gasteiger partial charge in [-0.15, -0.1) is 0 Å². The van der Waals surface area contributed by atoms with Gasteiger partial charge in [0.1, 0.15) is 17.4 Å². The Morgan fingerprint density at radius 2 is 1.74 bits per heavy atom. The maximum atomic E-state index is 13.5. The number of β-lactam (4-membered cyclic amide) rings is 1. The van der Waals surface area contributed by atoms with Gasteiger partial charge in [0.2, 0.25) is 5.91 Å². The van der Waals surface area contributed by atoms with E-state index in [0.29, 0.717) is 18.5 Å². The summed E-state index contributed by atoms with van der Waals surface area (Å²) in [5, 5.41) is 9.86. The van der Waals surface area contributed by atoms with E-state index < -0.39 is 0 Å². The largest absolute Gasteiger partial charge is 0.508 e. The molecule has 2 aromatic carbocycles. The summed E-state index contributed by atoms with van der Waals surface area (Å²) >= 11 is 0. The number of carbonyl (C=O) groups is 1. The minimum absolute atomic E-state index is 0.0316. The Hall–Kier alpha value is -3.21. The van der Waals surface area contributed by atoms with Crippen molar-refractivity contribution in [3.8, 4) is 0 Å². The van der Waals surface area contributed by atoms with Gasteiger partial charge in [0.15, 0.2) is 0 Å². The van der Waals surface area contributed by atoms with Crippen LogP contribution in [0.15, 0.2) is 79.1 Å². The van der Waals surface area contributed by atoms with Crippen molar-refractivity contribution in [1.29, 1.82) is 0 Å². The van der Waals surface area contributed by atoms with Crippen molar-refractivity contribution in [1.82, 2.24) is 0 Å². The fourth-order valence-electron chi connectivity index (χ4n) is 5.56. The first-order valence-electron chi connectivity index (χ1n) is 10.5. The number of carbonyl (C=O) groups excluding carboxylic acids is 1. The molecule has 3 nitrogen and oxygen atoms in total. The summed E-state index contributed by atoms with van der Waals surface area (Å²) in [5.41, 5.74) is 2.06. The Kier molecular flexibility index (Phi) is 4.58. The van der Waals surface area contributed by atoms with Crippen molar-refractivity contribution in [2.24, 2.45) is 17.8 Å². The first-order valence-corrected chi connectivity index (χ1v) is 10.5. The lowest BCUT2D eigenvalue weighted by molar-refractivity contribution is -0.146. The van der Waals surface area contributed by atoms with Crippen LogP contribution in [0.3, 0.4) is 0 Å². The summed E-state index contributed by atoms with van der Waals surface area (Å²) in [6.07, 6.45) is 7.57. The van der Waals surface area contributed by atoms with E-state index in [1.54, 1.807) is 30.3 Å². The van der Waals surface area contributed by atoms with Gasteiger partial charge in [0.25, 0.3) is 0 Å². The number of hydrogen-bond donors (Lipinski definition) is 1. The number of allylic oxidation sites excluding steroid dienone is 3. The lowest BCUT2D eigenvalue weighted by Gasteiger charge is -2.69.